The maximum Gasteiger partial charge on any atom is 0.322 e. The normalized spacial score (nSPS) is 16.4. The molecule has 14 heavy (non-hydrogen) atoms. The first-order chi connectivity index (χ1) is 6.26. The monoisotopic (exact) mass is 206 g/mol. The van der Waals surface area contributed by atoms with Gasteiger partial charge in [-0.2, -0.15) is 0 Å². The van der Waals surface area contributed by atoms with Gasteiger partial charge in [-0.05, 0) is 20.8 Å². The SMILES string of the molecule is CC(C)(C)OC(O)N[C@@H](CN)C(=O)O. The lowest BCUT2D eigenvalue weighted by molar-refractivity contribution is -0.188. The summed E-state index contributed by atoms with van der Waals surface area (Å²) in [6.45, 7) is 5.13. The summed E-state index contributed by atoms with van der Waals surface area (Å²) < 4.78 is 5.05. The van der Waals surface area contributed by atoms with Gasteiger partial charge in [-0.25, -0.2) is 0 Å². The van der Waals surface area contributed by atoms with Crippen LogP contribution in [0.5, 0.6) is 0 Å². The Morgan fingerprint density at radius 1 is 1.57 bits per heavy atom. The number of ether oxygens (including phenoxy) is 1. The summed E-state index contributed by atoms with van der Waals surface area (Å²) in [6.07, 6.45) is -1.33. The Morgan fingerprint density at radius 3 is 2.36 bits per heavy atom. The van der Waals surface area contributed by atoms with Crippen molar-refractivity contribution in [1.82, 2.24) is 5.32 Å². The predicted octanol–water partition coefficient (Wildman–Crippen LogP) is -0.921. The van der Waals surface area contributed by atoms with E-state index in [1.807, 2.05) is 0 Å². The van der Waals surface area contributed by atoms with Crippen LogP contribution in [-0.4, -0.2) is 40.8 Å². The molecule has 84 valence electrons. The van der Waals surface area contributed by atoms with Gasteiger partial charge in [-0.3, -0.25) is 10.1 Å². The highest BCUT2D eigenvalue weighted by atomic mass is 16.6. The largest absolute Gasteiger partial charge is 0.480 e. The Morgan fingerprint density at radius 2 is 2.07 bits per heavy atom. The number of carboxylic acid groups (broad SMARTS) is 1. The van der Waals surface area contributed by atoms with Crippen molar-refractivity contribution in [2.75, 3.05) is 6.54 Å². The number of nitrogens with one attached hydrogen (secondary N) is 1. The molecule has 0 aromatic heterocycles. The van der Waals surface area contributed by atoms with Gasteiger partial charge in [0.1, 0.15) is 6.04 Å². The molecule has 0 fully saturated rings. The number of aliphatic carboxylic acids is 1. The third-order valence-electron chi connectivity index (χ3n) is 1.34. The van der Waals surface area contributed by atoms with Gasteiger partial charge in [0.25, 0.3) is 0 Å². The topological polar surface area (TPSA) is 105 Å². The maximum absolute atomic E-state index is 10.5. The van der Waals surface area contributed by atoms with Gasteiger partial charge in [-0.1, -0.05) is 0 Å². The fourth-order valence-corrected chi connectivity index (χ4v) is 0.781. The number of hydrogen-bond donors (Lipinski definition) is 4. The van der Waals surface area contributed by atoms with E-state index in [2.05, 4.69) is 5.32 Å². The van der Waals surface area contributed by atoms with Gasteiger partial charge >= 0.3 is 5.97 Å². The van der Waals surface area contributed by atoms with Crippen LogP contribution < -0.4 is 11.1 Å². The molecule has 0 saturated carbocycles. The first-order valence-corrected chi connectivity index (χ1v) is 4.31. The van der Waals surface area contributed by atoms with Gasteiger partial charge in [0.2, 0.25) is 6.41 Å². The summed E-state index contributed by atoms with van der Waals surface area (Å²) in [7, 11) is 0. The molecule has 0 aromatic rings. The third kappa shape index (κ3) is 5.87. The van der Waals surface area contributed by atoms with Crippen molar-refractivity contribution in [2.24, 2.45) is 5.73 Å². The van der Waals surface area contributed by atoms with Gasteiger partial charge in [-0.15, -0.1) is 0 Å². The number of rotatable bonds is 5. The second kappa shape index (κ2) is 5.26. The minimum absolute atomic E-state index is 0.111. The van der Waals surface area contributed by atoms with Crippen molar-refractivity contribution in [3.8, 4) is 0 Å². The standard InChI is InChI=1S/C8H18N2O4/c1-8(2,3)14-7(13)10-5(4-9)6(11)12/h5,7,10,13H,4,9H2,1-3H3,(H,11,12)/t5-,7?/m0/s1. The predicted molar refractivity (Wildman–Crippen MR) is 50.5 cm³/mol. The van der Waals surface area contributed by atoms with Crippen molar-refractivity contribution in [1.29, 1.82) is 0 Å². The Labute approximate surface area is 83.0 Å². The van der Waals surface area contributed by atoms with Crippen molar-refractivity contribution in [2.45, 2.75) is 38.8 Å². The lowest BCUT2D eigenvalue weighted by Crippen LogP contribution is -2.50. The Balaban J connectivity index is 4.03. The number of hydrogen-bond acceptors (Lipinski definition) is 5. The Hall–Kier alpha value is -0.690. The van der Waals surface area contributed by atoms with Crippen LogP contribution in [0.1, 0.15) is 20.8 Å². The number of aliphatic hydroxyl groups is 1. The smallest absolute Gasteiger partial charge is 0.322 e. The second-order valence-corrected chi connectivity index (χ2v) is 3.88. The number of nitrogens with two attached hydrogens (primary N) is 1. The molecular formula is C8H18N2O4. The van der Waals surface area contributed by atoms with E-state index < -0.39 is 24.0 Å². The van der Waals surface area contributed by atoms with Crippen LogP contribution in [0.2, 0.25) is 0 Å². The van der Waals surface area contributed by atoms with E-state index in [9.17, 15) is 9.90 Å². The molecule has 5 N–H and O–H groups in total. The van der Waals surface area contributed by atoms with Crippen LogP contribution in [-0.2, 0) is 9.53 Å². The van der Waals surface area contributed by atoms with Gasteiger partial charge in [0.15, 0.2) is 0 Å². The summed E-state index contributed by atoms with van der Waals surface area (Å²) in [5.74, 6) is -1.12. The van der Waals surface area contributed by atoms with E-state index in [1.54, 1.807) is 20.8 Å². The van der Waals surface area contributed by atoms with E-state index in [0.29, 0.717) is 0 Å². The molecule has 0 rings (SSSR count). The molecule has 0 saturated heterocycles. The molecule has 0 bridgehead atoms. The summed E-state index contributed by atoms with van der Waals surface area (Å²) in [4.78, 5) is 10.5. The first kappa shape index (κ1) is 13.3. The van der Waals surface area contributed by atoms with Crippen LogP contribution in [0.15, 0.2) is 0 Å². The average molecular weight is 206 g/mol. The van der Waals surface area contributed by atoms with Crippen LogP contribution >= 0.6 is 0 Å². The molecule has 6 nitrogen and oxygen atoms in total. The molecule has 0 amide bonds. The van der Waals surface area contributed by atoms with E-state index >= 15 is 0 Å². The zero-order valence-corrected chi connectivity index (χ0v) is 8.65. The molecule has 1 unspecified atom stereocenters. The second-order valence-electron chi connectivity index (χ2n) is 3.88. The summed E-state index contributed by atoms with van der Waals surface area (Å²) in [5, 5.41) is 20.2. The molecule has 2 atom stereocenters. The molecule has 0 aromatic carbocycles. The van der Waals surface area contributed by atoms with Crippen LogP contribution in [0.3, 0.4) is 0 Å². The van der Waals surface area contributed by atoms with Crippen molar-refractivity contribution >= 4 is 5.97 Å². The first-order valence-electron chi connectivity index (χ1n) is 4.31. The summed E-state index contributed by atoms with van der Waals surface area (Å²) in [6, 6.07) is -1.01. The highest BCUT2D eigenvalue weighted by molar-refractivity contribution is 5.73. The molecule has 6 heteroatoms. The quantitative estimate of drug-likeness (QED) is 0.434. The van der Waals surface area contributed by atoms with Gasteiger partial charge in [0, 0.05) is 6.54 Å². The molecule has 0 heterocycles. The zero-order valence-electron chi connectivity index (χ0n) is 8.65. The van der Waals surface area contributed by atoms with E-state index in [1.165, 1.54) is 0 Å². The fourth-order valence-electron chi connectivity index (χ4n) is 0.781. The summed E-state index contributed by atoms with van der Waals surface area (Å²) in [5.41, 5.74) is 4.62. The van der Waals surface area contributed by atoms with Crippen molar-refractivity contribution in [3.05, 3.63) is 0 Å². The minimum Gasteiger partial charge on any atom is -0.480 e. The summed E-state index contributed by atoms with van der Waals surface area (Å²) >= 11 is 0. The fraction of sp³-hybridized carbons (Fsp3) is 0.875. The van der Waals surface area contributed by atoms with Gasteiger partial charge in [0.05, 0.1) is 5.60 Å². The third-order valence-corrected chi connectivity index (χ3v) is 1.34. The maximum atomic E-state index is 10.5. The number of aliphatic hydroxyl groups excluding tert-OH is 1. The molecule has 0 radical (unpaired) electrons. The molecule has 0 aliphatic rings. The average Bonchev–Trinajstić information content (AvgIpc) is 1.96. The van der Waals surface area contributed by atoms with Crippen molar-refractivity contribution in [3.63, 3.8) is 0 Å². The van der Waals surface area contributed by atoms with Crippen LogP contribution in [0, 0.1) is 0 Å². The lowest BCUT2D eigenvalue weighted by Gasteiger charge is -2.26. The number of carboxylic acids is 1. The van der Waals surface area contributed by atoms with E-state index in [4.69, 9.17) is 15.6 Å². The zero-order chi connectivity index (χ0) is 11.4. The lowest BCUT2D eigenvalue weighted by atomic mass is 10.2. The van der Waals surface area contributed by atoms with E-state index in [0.717, 1.165) is 0 Å². The molecule has 0 aliphatic carbocycles. The van der Waals surface area contributed by atoms with Gasteiger partial charge < -0.3 is 20.7 Å². The Kier molecular flexibility index (Phi) is 5.00. The molecule has 0 aliphatic heterocycles. The van der Waals surface area contributed by atoms with Crippen LogP contribution in [0.4, 0.5) is 0 Å². The minimum atomic E-state index is -1.33. The Bertz CT molecular complexity index is 190. The molecular weight excluding hydrogens is 188 g/mol. The van der Waals surface area contributed by atoms with E-state index in [-0.39, 0.29) is 6.54 Å². The number of carbonyl (C=O) groups is 1. The van der Waals surface area contributed by atoms with Crippen LogP contribution in [0.25, 0.3) is 0 Å². The molecule has 0 spiro atoms. The highest BCUT2D eigenvalue weighted by Crippen LogP contribution is 2.08. The highest BCUT2D eigenvalue weighted by Gasteiger charge is 2.22. The van der Waals surface area contributed by atoms with Crippen molar-refractivity contribution < 1.29 is 19.7 Å².